The van der Waals surface area contributed by atoms with Crippen molar-refractivity contribution in [3.63, 3.8) is 0 Å². The monoisotopic (exact) mass is 367 g/mol. The van der Waals surface area contributed by atoms with Gasteiger partial charge in [0.25, 0.3) is 0 Å². The molecule has 0 spiro atoms. The van der Waals surface area contributed by atoms with E-state index < -0.39 is 18.0 Å². The lowest BCUT2D eigenvalue weighted by atomic mass is 9.77. The molecule has 3 N–H and O–H groups in total. The fourth-order valence-corrected chi connectivity index (χ4v) is 5.86. The maximum atomic E-state index is 12.4. The number of nitrogens with zero attached hydrogens (tertiary/aromatic N) is 2. The maximum absolute atomic E-state index is 12.4. The molecular weight excluding hydrogens is 342 g/mol. The van der Waals surface area contributed by atoms with Crippen LogP contribution in [0.2, 0.25) is 0 Å². The molecule has 138 valence electrons. The van der Waals surface area contributed by atoms with Gasteiger partial charge in [-0.05, 0) is 26.7 Å². The Bertz CT molecular complexity index is 648. The van der Waals surface area contributed by atoms with Gasteiger partial charge in [0.2, 0.25) is 5.91 Å². The summed E-state index contributed by atoms with van der Waals surface area (Å²) in [6.45, 7) is 6.89. The summed E-state index contributed by atoms with van der Waals surface area (Å²) in [6, 6.07) is -0.243. The van der Waals surface area contributed by atoms with Crippen molar-refractivity contribution in [1.82, 2.24) is 9.80 Å². The minimum atomic E-state index is -1.07. The molecule has 3 aliphatic rings. The van der Waals surface area contributed by atoms with Crippen LogP contribution in [0.15, 0.2) is 10.6 Å². The van der Waals surface area contributed by atoms with E-state index in [4.69, 9.17) is 5.41 Å². The second-order valence-corrected chi connectivity index (χ2v) is 8.40. The van der Waals surface area contributed by atoms with Crippen molar-refractivity contribution in [1.29, 1.82) is 5.41 Å². The number of hydrogen-bond acceptors (Lipinski definition) is 5. The fraction of sp³-hybridized carbons (Fsp3) is 0.706. The van der Waals surface area contributed by atoms with Gasteiger partial charge in [0, 0.05) is 29.2 Å². The Labute approximate surface area is 151 Å². The number of carboxylic acids is 1. The van der Waals surface area contributed by atoms with Gasteiger partial charge < -0.3 is 20.0 Å². The molecule has 3 aliphatic heterocycles. The van der Waals surface area contributed by atoms with Crippen molar-refractivity contribution in [2.75, 3.05) is 13.1 Å². The third kappa shape index (κ3) is 2.85. The van der Waals surface area contributed by atoms with Gasteiger partial charge in [0.05, 0.1) is 23.9 Å². The summed E-state index contributed by atoms with van der Waals surface area (Å²) in [4.78, 5) is 28.4. The number of nitrogens with one attached hydrogen (secondary N) is 1. The zero-order valence-corrected chi connectivity index (χ0v) is 15.5. The summed E-state index contributed by atoms with van der Waals surface area (Å²) in [5.74, 6) is -1.37. The molecule has 0 aliphatic carbocycles. The summed E-state index contributed by atoms with van der Waals surface area (Å²) < 4.78 is 0. The van der Waals surface area contributed by atoms with E-state index in [-0.39, 0.29) is 28.8 Å². The number of carbonyl (C=O) groups is 2. The molecule has 0 aromatic heterocycles. The molecule has 4 unspecified atom stereocenters. The Balaban J connectivity index is 1.87. The van der Waals surface area contributed by atoms with Crippen molar-refractivity contribution < 1.29 is 19.8 Å². The number of amides is 1. The van der Waals surface area contributed by atoms with Crippen LogP contribution in [0.4, 0.5) is 0 Å². The number of carboxylic acid groups (broad SMARTS) is 1. The number of carbonyl (C=O) groups excluding carboxylic acids is 1. The second-order valence-electron chi connectivity index (χ2n) is 7.06. The van der Waals surface area contributed by atoms with Crippen LogP contribution in [-0.4, -0.2) is 68.2 Å². The first-order valence-electron chi connectivity index (χ1n) is 8.73. The van der Waals surface area contributed by atoms with Crippen LogP contribution in [-0.2, 0) is 9.59 Å². The number of aliphatic carboxylic acids is 1. The van der Waals surface area contributed by atoms with E-state index in [1.807, 2.05) is 11.8 Å². The highest BCUT2D eigenvalue weighted by atomic mass is 32.2. The van der Waals surface area contributed by atoms with Crippen LogP contribution in [0, 0.1) is 17.2 Å². The molecule has 7 nitrogen and oxygen atoms in total. The third-order valence-electron chi connectivity index (χ3n) is 5.49. The number of aliphatic hydroxyl groups is 1. The number of likely N-dealkylation sites (tertiary alicyclic amines) is 1. The van der Waals surface area contributed by atoms with Gasteiger partial charge in [-0.15, -0.1) is 11.8 Å². The highest BCUT2D eigenvalue weighted by molar-refractivity contribution is 8.03. The topological polar surface area (TPSA) is 105 Å². The lowest BCUT2D eigenvalue weighted by molar-refractivity contribution is -0.163. The van der Waals surface area contributed by atoms with E-state index in [1.165, 1.54) is 4.90 Å². The number of hydrogen-bond donors (Lipinski definition) is 3. The van der Waals surface area contributed by atoms with Gasteiger partial charge in [-0.1, -0.05) is 6.92 Å². The molecule has 1 amide bonds. The first-order valence-corrected chi connectivity index (χ1v) is 9.61. The van der Waals surface area contributed by atoms with Crippen molar-refractivity contribution in [2.24, 2.45) is 11.8 Å². The highest BCUT2D eigenvalue weighted by Gasteiger charge is 2.60. The van der Waals surface area contributed by atoms with Gasteiger partial charge in [0.15, 0.2) is 0 Å². The molecule has 0 aromatic carbocycles. The molecule has 3 heterocycles. The second kappa shape index (κ2) is 6.64. The van der Waals surface area contributed by atoms with Crippen LogP contribution in [0.3, 0.4) is 0 Å². The smallest absolute Gasteiger partial charge is 0.353 e. The number of fused-ring (bicyclic) bond motifs is 1. The molecule has 5 atom stereocenters. The van der Waals surface area contributed by atoms with Crippen molar-refractivity contribution in [3.8, 4) is 0 Å². The first-order chi connectivity index (χ1) is 11.8. The van der Waals surface area contributed by atoms with Crippen LogP contribution in [0.1, 0.15) is 33.6 Å². The normalized spacial score (nSPS) is 32.7. The summed E-state index contributed by atoms with van der Waals surface area (Å²) in [6.07, 6.45) is 0.855. The number of thioether (sulfide) groups is 1. The summed E-state index contributed by atoms with van der Waals surface area (Å²) in [7, 11) is 0. The minimum absolute atomic E-state index is 0.0384. The molecule has 2 saturated heterocycles. The molecule has 0 bridgehead atoms. The Kier molecular flexibility index (Phi) is 4.85. The standard InChI is InChI=1S/C17H25N3O4S/c1-4-11-13-12(8(2)21)16(22)20(13)14(17(23)24)15(11)25-10-5-6-19(7-10)9(3)18/h8,10-13,18,21H,4-7H2,1-3H3,(H,23,24)/t8?,10?,11?,12?,13-/m1/s1. The van der Waals surface area contributed by atoms with Crippen molar-refractivity contribution in [2.45, 2.75) is 51.0 Å². The lowest BCUT2D eigenvalue weighted by Gasteiger charge is -2.46. The Morgan fingerprint density at radius 3 is 2.64 bits per heavy atom. The average Bonchev–Trinajstić information content (AvgIpc) is 3.08. The van der Waals surface area contributed by atoms with Crippen LogP contribution >= 0.6 is 11.8 Å². The SMILES string of the molecule is CCC1C(SC2CCN(C(C)=N)C2)=C(C(=O)O)N2C(=O)C(C(C)O)[C@@H]12. The molecule has 2 fully saturated rings. The van der Waals surface area contributed by atoms with Gasteiger partial charge in [0.1, 0.15) is 5.70 Å². The van der Waals surface area contributed by atoms with Gasteiger partial charge in [-0.3, -0.25) is 10.2 Å². The number of β-lactam (4-membered cyclic amide) rings is 1. The minimum Gasteiger partial charge on any atom is -0.477 e. The van der Waals surface area contributed by atoms with E-state index in [9.17, 15) is 19.8 Å². The zero-order chi connectivity index (χ0) is 18.5. The van der Waals surface area contributed by atoms with Crippen LogP contribution in [0.5, 0.6) is 0 Å². The molecule has 0 saturated carbocycles. The van der Waals surface area contributed by atoms with E-state index in [1.54, 1.807) is 25.6 Å². The van der Waals surface area contributed by atoms with E-state index in [0.717, 1.165) is 30.8 Å². The number of aliphatic hydroxyl groups excluding tert-OH is 1. The first kappa shape index (κ1) is 18.3. The fourth-order valence-electron chi connectivity index (χ4n) is 4.25. The van der Waals surface area contributed by atoms with E-state index in [0.29, 0.717) is 5.84 Å². The molecular formula is C17H25N3O4S. The predicted molar refractivity (Wildman–Crippen MR) is 95.2 cm³/mol. The van der Waals surface area contributed by atoms with E-state index in [2.05, 4.69) is 0 Å². The number of rotatable bonds is 5. The van der Waals surface area contributed by atoms with Crippen LogP contribution < -0.4 is 0 Å². The summed E-state index contributed by atoms with van der Waals surface area (Å²) in [5.41, 5.74) is 0.105. The molecule has 25 heavy (non-hydrogen) atoms. The zero-order valence-electron chi connectivity index (χ0n) is 14.7. The van der Waals surface area contributed by atoms with Gasteiger partial charge in [-0.2, -0.15) is 0 Å². The number of amidine groups is 1. The summed E-state index contributed by atoms with van der Waals surface area (Å²) >= 11 is 1.55. The largest absolute Gasteiger partial charge is 0.477 e. The lowest BCUT2D eigenvalue weighted by Crippen LogP contribution is -2.63. The third-order valence-corrected chi connectivity index (χ3v) is 6.96. The van der Waals surface area contributed by atoms with Crippen molar-refractivity contribution in [3.05, 3.63) is 10.6 Å². The van der Waals surface area contributed by atoms with Crippen molar-refractivity contribution >= 4 is 29.5 Å². The molecule has 8 heteroatoms. The predicted octanol–water partition coefficient (Wildman–Crippen LogP) is 1.33. The molecule has 0 radical (unpaired) electrons. The quantitative estimate of drug-likeness (QED) is 0.385. The maximum Gasteiger partial charge on any atom is 0.353 e. The van der Waals surface area contributed by atoms with Gasteiger partial charge >= 0.3 is 5.97 Å². The molecule has 0 aromatic rings. The molecule has 3 rings (SSSR count). The summed E-state index contributed by atoms with van der Waals surface area (Å²) in [5, 5.41) is 27.6. The Morgan fingerprint density at radius 2 is 2.16 bits per heavy atom. The van der Waals surface area contributed by atoms with Crippen LogP contribution in [0.25, 0.3) is 0 Å². The Morgan fingerprint density at radius 1 is 1.48 bits per heavy atom. The Hall–Kier alpha value is -1.54. The highest BCUT2D eigenvalue weighted by Crippen LogP contribution is 2.53. The van der Waals surface area contributed by atoms with Gasteiger partial charge in [-0.25, -0.2) is 4.79 Å². The average molecular weight is 367 g/mol. The van der Waals surface area contributed by atoms with E-state index >= 15 is 0 Å².